The zero-order chi connectivity index (χ0) is 14.2. The van der Waals surface area contributed by atoms with Gasteiger partial charge in [-0.1, -0.05) is 23.2 Å². The third-order valence-corrected chi connectivity index (χ3v) is 4.18. The SMILES string of the molecule is CC(c1cc(F)c(Cl)cc1Cl)N1CCCC1C(=O)O. The van der Waals surface area contributed by atoms with Crippen LogP contribution >= 0.6 is 23.2 Å². The highest BCUT2D eigenvalue weighted by atomic mass is 35.5. The first kappa shape index (κ1) is 14.6. The molecular weight excluding hydrogens is 292 g/mol. The molecule has 2 unspecified atom stereocenters. The number of carboxylic acid groups (broad SMARTS) is 1. The topological polar surface area (TPSA) is 40.5 Å². The van der Waals surface area contributed by atoms with Gasteiger partial charge in [-0.3, -0.25) is 9.69 Å². The predicted molar refractivity (Wildman–Crippen MR) is 72.2 cm³/mol. The molecule has 1 aromatic carbocycles. The van der Waals surface area contributed by atoms with Gasteiger partial charge in [-0.05, 0) is 44.0 Å². The average molecular weight is 306 g/mol. The molecule has 1 aliphatic heterocycles. The zero-order valence-electron chi connectivity index (χ0n) is 10.4. The molecule has 0 spiro atoms. The lowest BCUT2D eigenvalue weighted by Crippen LogP contribution is -2.37. The van der Waals surface area contributed by atoms with E-state index in [1.165, 1.54) is 12.1 Å². The van der Waals surface area contributed by atoms with E-state index in [0.29, 0.717) is 23.6 Å². The summed E-state index contributed by atoms with van der Waals surface area (Å²) in [5.74, 6) is -1.39. The number of rotatable bonds is 3. The monoisotopic (exact) mass is 305 g/mol. The van der Waals surface area contributed by atoms with Crippen LogP contribution in [0.2, 0.25) is 10.0 Å². The Balaban J connectivity index is 2.31. The molecule has 1 heterocycles. The Morgan fingerprint density at radius 2 is 2.16 bits per heavy atom. The van der Waals surface area contributed by atoms with Crippen LogP contribution in [-0.2, 0) is 4.79 Å². The van der Waals surface area contributed by atoms with E-state index in [9.17, 15) is 14.3 Å². The van der Waals surface area contributed by atoms with Crippen LogP contribution in [0, 0.1) is 5.82 Å². The van der Waals surface area contributed by atoms with Gasteiger partial charge in [0, 0.05) is 11.1 Å². The smallest absolute Gasteiger partial charge is 0.320 e. The Bertz CT molecular complexity index is 510. The fourth-order valence-corrected chi connectivity index (χ4v) is 3.10. The summed E-state index contributed by atoms with van der Waals surface area (Å²) >= 11 is 11.7. The lowest BCUT2D eigenvalue weighted by molar-refractivity contribution is -0.142. The van der Waals surface area contributed by atoms with E-state index < -0.39 is 17.8 Å². The van der Waals surface area contributed by atoms with Crippen molar-refractivity contribution in [1.82, 2.24) is 4.90 Å². The standard InChI is InChI=1S/C13H14Cl2FNO2/c1-7(17-4-2-3-12(17)13(18)19)8-5-11(16)10(15)6-9(8)14/h5-7,12H,2-4H2,1H3,(H,18,19). The van der Waals surface area contributed by atoms with Crippen molar-refractivity contribution in [2.45, 2.75) is 31.8 Å². The molecule has 0 radical (unpaired) electrons. The summed E-state index contributed by atoms with van der Waals surface area (Å²) < 4.78 is 13.5. The van der Waals surface area contributed by atoms with Crippen molar-refractivity contribution in [3.8, 4) is 0 Å². The Kier molecular flexibility index (Phi) is 4.33. The summed E-state index contributed by atoms with van der Waals surface area (Å²) in [6.45, 7) is 2.49. The van der Waals surface area contributed by atoms with Gasteiger partial charge in [-0.25, -0.2) is 4.39 Å². The first-order valence-electron chi connectivity index (χ1n) is 6.04. The molecule has 1 aliphatic rings. The first-order valence-corrected chi connectivity index (χ1v) is 6.80. The third kappa shape index (κ3) is 2.86. The van der Waals surface area contributed by atoms with E-state index in [-0.39, 0.29) is 11.1 Å². The summed E-state index contributed by atoms with van der Waals surface area (Å²) in [6.07, 6.45) is 1.42. The molecule has 1 saturated heterocycles. The van der Waals surface area contributed by atoms with E-state index in [4.69, 9.17) is 23.2 Å². The number of likely N-dealkylation sites (tertiary alicyclic amines) is 1. The van der Waals surface area contributed by atoms with Crippen LogP contribution < -0.4 is 0 Å². The van der Waals surface area contributed by atoms with Gasteiger partial charge in [0.25, 0.3) is 0 Å². The second-order valence-electron chi connectivity index (χ2n) is 4.70. The molecule has 0 bridgehead atoms. The van der Waals surface area contributed by atoms with Gasteiger partial charge in [0.15, 0.2) is 0 Å². The molecular formula is C13H14Cl2FNO2. The number of benzene rings is 1. The minimum atomic E-state index is -0.852. The normalized spacial score (nSPS) is 21.6. The van der Waals surface area contributed by atoms with Crippen molar-refractivity contribution in [3.63, 3.8) is 0 Å². The minimum Gasteiger partial charge on any atom is -0.480 e. The summed E-state index contributed by atoms with van der Waals surface area (Å²) in [5.41, 5.74) is 0.566. The van der Waals surface area contributed by atoms with Crippen LogP contribution in [0.3, 0.4) is 0 Å². The fourth-order valence-electron chi connectivity index (χ4n) is 2.55. The van der Waals surface area contributed by atoms with Gasteiger partial charge < -0.3 is 5.11 Å². The van der Waals surface area contributed by atoms with Crippen molar-refractivity contribution in [2.24, 2.45) is 0 Å². The molecule has 1 N–H and O–H groups in total. The lowest BCUT2D eigenvalue weighted by Gasteiger charge is -2.29. The van der Waals surface area contributed by atoms with E-state index in [1.54, 1.807) is 0 Å². The number of aliphatic carboxylic acids is 1. The van der Waals surface area contributed by atoms with Gasteiger partial charge in [0.1, 0.15) is 11.9 Å². The highest BCUT2D eigenvalue weighted by molar-refractivity contribution is 6.35. The number of carbonyl (C=O) groups is 1. The van der Waals surface area contributed by atoms with Gasteiger partial charge in [0.05, 0.1) is 5.02 Å². The summed E-state index contributed by atoms with van der Waals surface area (Å²) in [6, 6.07) is 1.84. The Hall–Kier alpha value is -0.840. The van der Waals surface area contributed by atoms with Crippen LogP contribution in [0.4, 0.5) is 4.39 Å². The molecule has 0 amide bonds. The molecule has 1 aromatic rings. The van der Waals surface area contributed by atoms with E-state index >= 15 is 0 Å². The Morgan fingerprint density at radius 3 is 2.79 bits per heavy atom. The third-order valence-electron chi connectivity index (χ3n) is 3.57. The van der Waals surface area contributed by atoms with Crippen molar-refractivity contribution < 1.29 is 14.3 Å². The summed E-state index contributed by atoms with van der Waals surface area (Å²) in [5, 5.41) is 9.50. The van der Waals surface area contributed by atoms with Gasteiger partial charge in [-0.2, -0.15) is 0 Å². The molecule has 2 rings (SSSR count). The number of hydrogen-bond acceptors (Lipinski definition) is 2. The van der Waals surface area contributed by atoms with Crippen molar-refractivity contribution in [2.75, 3.05) is 6.54 Å². The van der Waals surface area contributed by atoms with Crippen LogP contribution in [0.5, 0.6) is 0 Å². The van der Waals surface area contributed by atoms with Crippen LogP contribution in [-0.4, -0.2) is 28.6 Å². The lowest BCUT2D eigenvalue weighted by atomic mass is 10.1. The van der Waals surface area contributed by atoms with Crippen molar-refractivity contribution in [3.05, 3.63) is 33.6 Å². The fraction of sp³-hybridized carbons (Fsp3) is 0.462. The van der Waals surface area contributed by atoms with Gasteiger partial charge in [-0.15, -0.1) is 0 Å². The summed E-state index contributed by atoms with van der Waals surface area (Å²) in [7, 11) is 0. The van der Waals surface area contributed by atoms with E-state index in [0.717, 1.165) is 6.42 Å². The average Bonchev–Trinajstić information content (AvgIpc) is 2.82. The molecule has 3 nitrogen and oxygen atoms in total. The maximum atomic E-state index is 13.5. The van der Waals surface area contributed by atoms with Crippen LogP contribution in [0.15, 0.2) is 12.1 Å². The number of halogens is 3. The Morgan fingerprint density at radius 1 is 1.47 bits per heavy atom. The Labute approximate surface area is 120 Å². The van der Waals surface area contributed by atoms with Crippen LogP contribution in [0.1, 0.15) is 31.4 Å². The molecule has 0 aromatic heterocycles. The molecule has 0 saturated carbocycles. The second kappa shape index (κ2) is 5.65. The van der Waals surface area contributed by atoms with Gasteiger partial charge >= 0.3 is 5.97 Å². The second-order valence-corrected chi connectivity index (χ2v) is 5.51. The highest BCUT2D eigenvalue weighted by Crippen LogP contribution is 2.35. The molecule has 0 aliphatic carbocycles. The highest BCUT2D eigenvalue weighted by Gasteiger charge is 2.34. The zero-order valence-corrected chi connectivity index (χ0v) is 11.9. The molecule has 19 heavy (non-hydrogen) atoms. The van der Waals surface area contributed by atoms with Gasteiger partial charge in [0.2, 0.25) is 0 Å². The van der Waals surface area contributed by atoms with Crippen molar-refractivity contribution in [1.29, 1.82) is 0 Å². The first-order chi connectivity index (χ1) is 8.91. The molecule has 1 fully saturated rings. The minimum absolute atomic E-state index is 0.0304. The largest absolute Gasteiger partial charge is 0.480 e. The van der Waals surface area contributed by atoms with E-state index in [1.807, 2.05) is 11.8 Å². The van der Waals surface area contributed by atoms with Crippen molar-refractivity contribution >= 4 is 29.2 Å². The van der Waals surface area contributed by atoms with Crippen LogP contribution in [0.25, 0.3) is 0 Å². The number of carboxylic acids is 1. The van der Waals surface area contributed by atoms with E-state index in [2.05, 4.69) is 0 Å². The summed E-state index contributed by atoms with van der Waals surface area (Å²) in [4.78, 5) is 13.0. The quantitative estimate of drug-likeness (QED) is 0.865. The number of hydrogen-bond donors (Lipinski definition) is 1. The molecule has 6 heteroatoms. The number of nitrogens with zero attached hydrogens (tertiary/aromatic N) is 1. The maximum absolute atomic E-state index is 13.5. The predicted octanol–water partition coefficient (Wildman–Crippen LogP) is 3.74. The molecule has 104 valence electrons. The molecule has 2 atom stereocenters. The maximum Gasteiger partial charge on any atom is 0.320 e.